The van der Waals surface area contributed by atoms with Crippen molar-refractivity contribution in [2.45, 2.75) is 53.6 Å². The molecule has 18 heavy (non-hydrogen) atoms. The molecule has 102 valence electrons. The van der Waals surface area contributed by atoms with E-state index in [1.807, 2.05) is 12.5 Å². The van der Waals surface area contributed by atoms with Crippen molar-refractivity contribution < 1.29 is 0 Å². The average molecular weight is 249 g/mol. The number of hydrogen-bond acceptors (Lipinski definition) is 2. The Morgan fingerprint density at radius 2 is 2.06 bits per heavy atom. The van der Waals surface area contributed by atoms with Crippen LogP contribution in [0.1, 0.15) is 46.2 Å². The van der Waals surface area contributed by atoms with Crippen molar-refractivity contribution in [3.05, 3.63) is 18.2 Å². The second-order valence-corrected chi connectivity index (χ2v) is 6.55. The molecular formula is C15H27N3. The molecule has 1 aliphatic carbocycles. The van der Waals surface area contributed by atoms with Gasteiger partial charge in [-0.2, -0.15) is 0 Å². The Balaban J connectivity index is 1.92. The molecule has 3 nitrogen and oxygen atoms in total. The van der Waals surface area contributed by atoms with Gasteiger partial charge in [0.15, 0.2) is 0 Å². The summed E-state index contributed by atoms with van der Waals surface area (Å²) in [6.07, 6.45) is 6.75. The normalized spacial score (nSPS) is 17.7. The summed E-state index contributed by atoms with van der Waals surface area (Å²) < 4.78 is 2.35. The fraction of sp³-hybridized carbons (Fsp3) is 0.800. The Labute approximate surface area is 111 Å². The summed E-state index contributed by atoms with van der Waals surface area (Å²) in [5.74, 6) is 1.48. The molecule has 0 saturated heterocycles. The van der Waals surface area contributed by atoms with Crippen LogP contribution in [0.25, 0.3) is 0 Å². The fourth-order valence-corrected chi connectivity index (χ4v) is 2.54. The van der Waals surface area contributed by atoms with Crippen molar-refractivity contribution in [1.82, 2.24) is 14.9 Å². The maximum absolute atomic E-state index is 4.31. The summed E-state index contributed by atoms with van der Waals surface area (Å²) in [6, 6.07) is 0. The molecule has 1 heterocycles. The topological polar surface area (TPSA) is 29.9 Å². The lowest BCUT2D eigenvalue weighted by atomic mass is 9.92. The largest absolute Gasteiger partial charge is 0.333 e. The molecule has 1 N–H and O–H groups in total. The molecule has 0 spiro atoms. The van der Waals surface area contributed by atoms with Gasteiger partial charge in [0.05, 0.1) is 12.0 Å². The summed E-state index contributed by atoms with van der Waals surface area (Å²) in [5.41, 5.74) is 1.87. The van der Waals surface area contributed by atoms with Crippen LogP contribution in [0, 0.1) is 17.3 Å². The van der Waals surface area contributed by atoms with Crippen molar-refractivity contribution in [3.63, 3.8) is 0 Å². The van der Waals surface area contributed by atoms with E-state index >= 15 is 0 Å². The van der Waals surface area contributed by atoms with Crippen LogP contribution < -0.4 is 5.32 Å². The minimum Gasteiger partial charge on any atom is -0.333 e. The van der Waals surface area contributed by atoms with Gasteiger partial charge in [0.1, 0.15) is 0 Å². The van der Waals surface area contributed by atoms with Crippen LogP contribution in [0.3, 0.4) is 0 Å². The summed E-state index contributed by atoms with van der Waals surface area (Å²) in [4.78, 5) is 4.31. The highest BCUT2D eigenvalue weighted by Gasteiger charge is 2.45. The Morgan fingerprint density at radius 1 is 1.33 bits per heavy atom. The molecule has 0 aromatic carbocycles. The summed E-state index contributed by atoms with van der Waals surface area (Å²) in [6.45, 7) is 12.3. The van der Waals surface area contributed by atoms with E-state index in [0.717, 1.165) is 25.6 Å². The lowest BCUT2D eigenvalue weighted by molar-refractivity contribution is 0.304. The monoisotopic (exact) mass is 249 g/mol. The van der Waals surface area contributed by atoms with Crippen LogP contribution >= 0.6 is 0 Å². The maximum atomic E-state index is 4.31. The van der Waals surface area contributed by atoms with Crippen molar-refractivity contribution in [3.8, 4) is 0 Å². The van der Waals surface area contributed by atoms with Crippen LogP contribution in [0.2, 0.25) is 0 Å². The number of nitrogens with zero attached hydrogens (tertiary/aromatic N) is 2. The van der Waals surface area contributed by atoms with E-state index in [1.165, 1.54) is 18.5 Å². The summed E-state index contributed by atoms with van der Waals surface area (Å²) in [5, 5.41) is 3.50. The zero-order valence-corrected chi connectivity index (χ0v) is 12.2. The van der Waals surface area contributed by atoms with E-state index in [1.54, 1.807) is 0 Å². The van der Waals surface area contributed by atoms with Crippen LogP contribution in [0.4, 0.5) is 0 Å². The highest BCUT2D eigenvalue weighted by Crippen LogP contribution is 2.53. The van der Waals surface area contributed by atoms with Gasteiger partial charge in [0.25, 0.3) is 0 Å². The number of nitrogens with one attached hydrogen (secondary N) is 1. The molecule has 2 rings (SSSR count). The molecule has 0 atom stereocenters. The SMILES string of the molecule is CC(C)CNCc1cncn1CC1(C(C)C)CC1. The molecule has 0 bridgehead atoms. The molecule has 0 amide bonds. The first kappa shape index (κ1) is 13.6. The first-order valence-corrected chi connectivity index (χ1v) is 7.23. The standard InChI is InChI=1S/C15H27N3/c1-12(2)7-16-8-14-9-17-11-18(14)10-15(5-6-15)13(3)4/h9,11-13,16H,5-8,10H2,1-4H3. The van der Waals surface area contributed by atoms with E-state index in [2.05, 4.69) is 42.6 Å². The Kier molecular flexibility index (Phi) is 4.10. The highest BCUT2D eigenvalue weighted by molar-refractivity contribution is 5.03. The van der Waals surface area contributed by atoms with Crippen molar-refractivity contribution in [1.29, 1.82) is 0 Å². The van der Waals surface area contributed by atoms with Crippen molar-refractivity contribution in [2.75, 3.05) is 6.54 Å². The molecular weight excluding hydrogens is 222 g/mol. The number of hydrogen-bond donors (Lipinski definition) is 1. The van der Waals surface area contributed by atoms with Crippen LogP contribution in [0.5, 0.6) is 0 Å². The zero-order valence-electron chi connectivity index (χ0n) is 12.2. The van der Waals surface area contributed by atoms with Gasteiger partial charge in [-0.15, -0.1) is 0 Å². The minimum absolute atomic E-state index is 0.549. The zero-order chi connectivity index (χ0) is 13.2. The van der Waals surface area contributed by atoms with Crippen LogP contribution in [0.15, 0.2) is 12.5 Å². The second kappa shape index (κ2) is 5.43. The third-order valence-corrected chi connectivity index (χ3v) is 4.26. The molecule has 1 aromatic heterocycles. The molecule has 3 heteroatoms. The quantitative estimate of drug-likeness (QED) is 0.805. The molecule has 0 unspecified atom stereocenters. The van der Waals surface area contributed by atoms with E-state index in [4.69, 9.17) is 0 Å². The van der Waals surface area contributed by atoms with Crippen LogP contribution in [-0.2, 0) is 13.1 Å². The predicted octanol–water partition coefficient (Wildman–Crippen LogP) is 3.06. The smallest absolute Gasteiger partial charge is 0.0948 e. The lowest BCUT2D eigenvalue weighted by Gasteiger charge is -2.21. The predicted molar refractivity (Wildman–Crippen MR) is 75.3 cm³/mol. The van der Waals surface area contributed by atoms with E-state index in [-0.39, 0.29) is 0 Å². The maximum Gasteiger partial charge on any atom is 0.0948 e. The third kappa shape index (κ3) is 3.14. The van der Waals surface area contributed by atoms with Gasteiger partial charge >= 0.3 is 0 Å². The summed E-state index contributed by atoms with van der Waals surface area (Å²) in [7, 11) is 0. The van der Waals surface area contributed by atoms with Gasteiger partial charge in [0.2, 0.25) is 0 Å². The average Bonchev–Trinajstić information content (AvgIpc) is 2.95. The molecule has 0 radical (unpaired) electrons. The number of aromatic nitrogens is 2. The minimum atomic E-state index is 0.549. The number of imidazole rings is 1. The van der Waals surface area contributed by atoms with E-state index < -0.39 is 0 Å². The molecule has 1 saturated carbocycles. The second-order valence-electron chi connectivity index (χ2n) is 6.55. The van der Waals surface area contributed by atoms with Crippen LogP contribution in [-0.4, -0.2) is 16.1 Å². The molecule has 1 fully saturated rings. The Morgan fingerprint density at radius 3 is 2.61 bits per heavy atom. The van der Waals surface area contributed by atoms with Gasteiger partial charge in [-0.05, 0) is 36.6 Å². The lowest BCUT2D eigenvalue weighted by Crippen LogP contribution is -2.23. The first-order chi connectivity index (χ1) is 8.53. The third-order valence-electron chi connectivity index (χ3n) is 4.26. The molecule has 0 aliphatic heterocycles. The first-order valence-electron chi connectivity index (χ1n) is 7.23. The Hall–Kier alpha value is -0.830. The van der Waals surface area contributed by atoms with E-state index in [0.29, 0.717) is 11.3 Å². The molecule has 1 aliphatic rings. The summed E-state index contributed by atoms with van der Waals surface area (Å²) >= 11 is 0. The highest BCUT2D eigenvalue weighted by atomic mass is 15.1. The number of rotatable bonds is 7. The van der Waals surface area contributed by atoms with Gasteiger partial charge < -0.3 is 9.88 Å². The fourth-order valence-electron chi connectivity index (χ4n) is 2.54. The van der Waals surface area contributed by atoms with Gasteiger partial charge in [-0.1, -0.05) is 27.7 Å². The molecule has 1 aromatic rings. The van der Waals surface area contributed by atoms with Gasteiger partial charge in [-0.3, -0.25) is 0 Å². The van der Waals surface area contributed by atoms with Crippen molar-refractivity contribution >= 4 is 0 Å². The van der Waals surface area contributed by atoms with Gasteiger partial charge in [0, 0.05) is 19.3 Å². The van der Waals surface area contributed by atoms with Crippen molar-refractivity contribution in [2.24, 2.45) is 17.3 Å². The van der Waals surface area contributed by atoms with E-state index in [9.17, 15) is 0 Å². The van der Waals surface area contributed by atoms with Gasteiger partial charge in [-0.25, -0.2) is 4.98 Å². The Bertz CT molecular complexity index is 375.